The second-order valence-electron chi connectivity index (χ2n) is 6.01. The summed E-state index contributed by atoms with van der Waals surface area (Å²) >= 11 is 0. The van der Waals surface area contributed by atoms with Crippen LogP contribution in [0.5, 0.6) is 11.5 Å². The Kier molecular flexibility index (Phi) is 5.75. The molecule has 0 radical (unpaired) electrons. The van der Waals surface area contributed by atoms with E-state index < -0.39 is 5.97 Å². The Bertz CT molecular complexity index is 1020. The molecule has 0 saturated heterocycles. The first kappa shape index (κ1) is 19.2. The van der Waals surface area contributed by atoms with E-state index in [1.54, 1.807) is 50.6 Å². The summed E-state index contributed by atoms with van der Waals surface area (Å²) in [6, 6.07) is 16.0. The van der Waals surface area contributed by atoms with E-state index in [2.05, 4.69) is 0 Å². The average molecular weight is 376 g/mol. The van der Waals surface area contributed by atoms with Crippen LogP contribution in [0.2, 0.25) is 0 Å². The van der Waals surface area contributed by atoms with Gasteiger partial charge in [-0.05, 0) is 47.5 Å². The Morgan fingerprint density at radius 1 is 0.821 bits per heavy atom. The number of allylic oxidation sites excluding steroid dienone is 1. The molecule has 0 fully saturated rings. The molecule has 0 saturated carbocycles. The van der Waals surface area contributed by atoms with Crippen LogP contribution in [0.4, 0.5) is 0 Å². The third-order valence-corrected chi connectivity index (χ3v) is 4.43. The SMILES string of the molecule is COC(=O)c1cc(C(=O)/C=C/c2cc(OC)ccc2OC)c2cccccc1-2. The fourth-order valence-corrected chi connectivity index (χ4v) is 3.02. The molecule has 28 heavy (non-hydrogen) atoms. The van der Waals surface area contributed by atoms with Gasteiger partial charge in [0.2, 0.25) is 0 Å². The van der Waals surface area contributed by atoms with E-state index >= 15 is 0 Å². The van der Waals surface area contributed by atoms with E-state index in [-0.39, 0.29) is 5.78 Å². The molecule has 0 spiro atoms. The van der Waals surface area contributed by atoms with Gasteiger partial charge in [-0.3, -0.25) is 4.79 Å². The second kappa shape index (κ2) is 8.39. The highest BCUT2D eigenvalue weighted by molar-refractivity contribution is 6.15. The minimum absolute atomic E-state index is 0.226. The number of benzene rings is 1. The molecular formula is C23H20O5. The quantitative estimate of drug-likeness (QED) is 0.360. The molecule has 0 atom stereocenters. The normalized spacial score (nSPS) is 10.8. The summed E-state index contributed by atoms with van der Waals surface area (Å²) in [6.07, 6.45) is 3.13. The number of ketones is 1. The molecule has 0 aliphatic heterocycles. The van der Waals surface area contributed by atoms with Gasteiger partial charge in [-0.25, -0.2) is 4.79 Å². The van der Waals surface area contributed by atoms with Crippen LogP contribution < -0.4 is 9.47 Å². The van der Waals surface area contributed by atoms with Crippen molar-refractivity contribution in [3.05, 3.63) is 77.4 Å². The summed E-state index contributed by atoms with van der Waals surface area (Å²) in [6.45, 7) is 0. The van der Waals surface area contributed by atoms with Gasteiger partial charge in [0.25, 0.3) is 0 Å². The first-order valence-corrected chi connectivity index (χ1v) is 8.63. The van der Waals surface area contributed by atoms with E-state index in [9.17, 15) is 9.59 Å². The van der Waals surface area contributed by atoms with Gasteiger partial charge in [0.15, 0.2) is 5.78 Å². The van der Waals surface area contributed by atoms with E-state index in [1.807, 2.05) is 24.3 Å². The van der Waals surface area contributed by atoms with Crippen LogP contribution in [0.25, 0.3) is 17.2 Å². The fourth-order valence-electron chi connectivity index (χ4n) is 3.02. The van der Waals surface area contributed by atoms with Crippen molar-refractivity contribution in [2.45, 2.75) is 0 Å². The van der Waals surface area contributed by atoms with Crippen molar-refractivity contribution in [3.63, 3.8) is 0 Å². The van der Waals surface area contributed by atoms with Crippen LogP contribution in [0.15, 0.2) is 60.7 Å². The number of carbonyl (C=O) groups excluding carboxylic acids is 2. The Morgan fingerprint density at radius 2 is 1.54 bits per heavy atom. The molecule has 2 aliphatic rings. The minimum atomic E-state index is -0.478. The van der Waals surface area contributed by atoms with Crippen LogP contribution >= 0.6 is 0 Å². The first-order valence-electron chi connectivity index (χ1n) is 8.63. The lowest BCUT2D eigenvalue weighted by Crippen LogP contribution is -2.00. The van der Waals surface area contributed by atoms with E-state index in [1.165, 1.54) is 13.2 Å². The number of methoxy groups -OCH3 is 3. The molecule has 0 unspecified atom stereocenters. The lowest BCUT2D eigenvalue weighted by molar-refractivity contribution is 0.0602. The molecule has 2 aliphatic carbocycles. The van der Waals surface area contributed by atoms with E-state index in [0.717, 1.165) is 0 Å². The minimum Gasteiger partial charge on any atom is -0.497 e. The van der Waals surface area contributed by atoms with E-state index in [4.69, 9.17) is 14.2 Å². The van der Waals surface area contributed by atoms with Gasteiger partial charge in [-0.2, -0.15) is 0 Å². The van der Waals surface area contributed by atoms with Crippen molar-refractivity contribution in [3.8, 4) is 22.6 Å². The van der Waals surface area contributed by atoms with Gasteiger partial charge < -0.3 is 14.2 Å². The van der Waals surface area contributed by atoms with Crippen molar-refractivity contribution in [1.29, 1.82) is 0 Å². The van der Waals surface area contributed by atoms with Crippen molar-refractivity contribution in [2.24, 2.45) is 0 Å². The Hall–Kier alpha value is -3.60. The zero-order chi connectivity index (χ0) is 20.1. The third-order valence-electron chi connectivity index (χ3n) is 4.43. The number of hydrogen-bond acceptors (Lipinski definition) is 5. The average Bonchev–Trinajstić information content (AvgIpc) is 2.92. The van der Waals surface area contributed by atoms with Gasteiger partial charge in [-0.1, -0.05) is 30.3 Å². The molecule has 0 amide bonds. The van der Waals surface area contributed by atoms with Gasteiger partial charge in [0.05, 0.1) is 26.9 Å². The van der Waals surface area contributed by atoms with Crippen LogP contribution in [-0.2, 0) is 4.74 Å². The second-order valence-corrected chi connectivity index (χ2v) is 6.01. The maximum Gasteiger partial charge on any atom is 0.338 e. The molecule has 1 aromatic rings. The number of carbonyl (C=O) groups is 2. The molecule has 3 rings (SSSR count). The van der Waals surface area contributed by atoms with Crippen LogP contribution in [0, 0.1) is 0 Å². The smallest absolute Gasteiger partial charge is 0.338 e. The zero-order valence-corrected chi connectivity index (χ0v) is 15.9. The summed E-state index contributed by atoms with van der Waals surface area (Å²) < 4.78 is 15.4. The zero-order valence-electron chi connectivity index (χ0n) is 15.9. The largest absolute Gasteiger partial charge is 0.497 e. The lowest BCUT2D eigenvalue weighted by Gasteiger charge is -2.07. The third kappa shape index (κ3) is 3.74. The molecule has 0 N–H and O–H groups in total. The number of rotatable bonds is 6. The lowest BCUT2D eigenvalue weighted by atomic mass is 10.0. The van der Waals surface area contributed by atoms with E-state index in [0.29, 0.717) is 39.3 Å². The molecule has 0 aromatic heterocycles. The van der Waals surface area contributed by atoms with Gasteiger partial charge in [0, 0.05) is 11.1 Å². The van der Waals surface area contributed by atoms with Crippen LogP contribution in [0.3, 0.4) is 0 Å². The first-order chi connectivity index (χ1) is 13.6. The highest BCUT2D eigenvalue weighted by atomic mass is 16.5. The number of ether oxygens (including phenoxy) is 3. The molecule has 1 aromatic carbocycles. The molecule has 0 heterocycles. The van der Waals surface area contributed by atoms with Crippen molar-refractivity contribution >= 4 is 17.8 Å². The van der Waals surface area contributed by atoms with Crippen LogP contribution in [-0.4, -0.2) is 33.1 Å². The van der Waals surface area contributed by atoms with Gasteiger partial charge in [-0.15, -0.1) is 0 Å². The maximum atomic E-state index is 12.9. The summed E-state index contributed by atoms with van der Waals surface area (Å²) in [5.74, 6) is 0.579. The highest BCUT2D eigenvalue weighted by Gasteiger charge is 2.22. The monoisotopic (exact) mass is 376 g/mol. The number of hydrogen-bond donors (Lipinski definition) is 0. The summed E-state index contributed by atoms with van der Waals surface area (Å²) in [5, 5.41) is 0. The predicted molar refractivity (Wildman–Crippen MR) is 107 cm³/mol. The Labute approximate surface area is 163 Å². The fraction of sp³-hybridized carbons (Fsp3) is 0.130. The standard InChI is InChI=1S/C23H20O5/c1-26-16-10-12-22(27-2)15(13-16)9-11-21(24)19-14-20(23(25)28-3)18-8-6-4-5-7-17(18)19/h4-14H,1-3H3/b11-9+. The number of esters is 1. The Balaban J connectivity index is 2.01. The molecule has 5 heteroatoms. The summed E-state index contributed by atoms with van der Waals surface area (Å²) in [7, 11) is 4.46. The Morgan fingerprint density at radius 3 is 2.18 bits per heavy atom. The summed E-state index contributed by atoms with van der Waals surface area (Å²) in [5.41, 5.74) is 2.88. The molecule has 5 nitrogen and oxygen atoms in total. The van der Waals surface area contributed by atoms with Crippen molar-refractivity contribution in [2.75, 3.05) is 21.3 Å². The van der Waals surface area contributed by atoms with Gasteiger partial charge >= 0.3 is 5.97 Å². The maximum absolute atomic E-state index is 12.9. The summed E-state index contributed by atoms with van der Waals surface area (Å²) in [4.78, 5) is 25.0. The molecule has 0 bridgehead atoms. The highest BCUT2D eigenvalue weighted by Crippen LogP contribution is 2.33. The van der Waals surface area contributed by atoms with Crippen LogP contribution in [0.1, 0.15) is 26.3 Å². The molecule has 142 valence electrons. The van der Waals surface area contributed by atoms with Gasteiger partial charge in [0.1, 0.15) is 11.5 Å². The van der Waals surface area contributed by atoms with Crippen molar-refractivity contribution < 1.29 is 23.8 Å². The number of fused-ring (bicyclic) bond motifs is 1. The topological polar surface area (TPSA) is 61.8 Å². The predicted octanol–water partition coefficient (Wildman–Crippen LogP) is 4.49. The molecular weight excluding hydrogens is 356 g/mol. The van der Waals surface area contributed by atoms with Crippen molar-refractivity contribution in [1.82, 2.24) is 0 Å².